The Morgan fingerprint density at radius 1 is 0.737 bits per heavy atom. The second kappa shape index (κ2) is 12.9. The fraction of sp³-hybridized carbons (Fsp3) is 1.00. The monoisotopic (exact) mass is 271 g/mol. The van der Waals surface area contributed by atoms with Crippen LogP contribution in [0.1, 0.15) is 97.3 Å². The van der Waals surface area contributed by atoms with Crippen LogP contribution in [0, 0.1) is 0 Å². The highest BCUT2D eigenvalue weighted by molar-refractivity contribution is 4.81. The molecule has 116 valence electrons. The van der Waals surface area contributed by atoms with Gasteiger partial charge in [-0.15, -0.1) is 0 Å². The Bertz CT molecular complexity index is 178. The number of rotatable bonds is 14. The number of nitrogens with two attached hydrogens (primary N) is 1. The summed E-state index contributed by atoms with van der Waals surface area (Å²) < 4.78 is 0. The van der Waals surface area contributed by atoms with Gasteiger partial charge in [-0.2, -0.15) is 0 Å². The fourth-order valence-electron chi connectivity index (χ4n) is 2.51. The van der Waals surface area contributed by atoms with Gasteiger partial charge in [-0.05, 0) is 12.8 Å². The first kappa shape index (κ1) is 18.9. The molecule has 3 N–H and O–H groups in total. The molecular formula is C17H37NO. The molecule has 0 aromatic heterocycles. The predicted molar refractivity (Wildman–Crippen MR) is 85.4 cm³/mol. The molecule has 2 heteroatoms. The molecule has 1 unspecified atom stereocenters. The van der Waals surface area contributed by atoms with Crippen molar-refractivity contribution in [3.05, 3.63) is 0 Å². The Kier molecular flexibility index (Phi) is 12.9. The quantitative estimate of drug-likeness (QED) is 0.446. The van der Waals surface area contributed by atoms with Crippen LogP contribution in [0.3, 0.4) is 0 Å². The van der Waals surface area contributed by atoms with Crippen LogP contribution in [0.5, 0.6) is 0 Å². The van der Waals surface area contributed by atoms with E-state index in [1.165, 1.54) is 70.6 Å². The van der Waals surface area contributed by atoms with E-state index in [9.17, 15) is 5.11 Å². The molecule has 0 amide bonds. The molecule has 0 aliphatic rings. The average Bonchev–Trinajstić information content (AvgIpc) is 2.44. The van der Waals surface area contributed by atoms with Gasteiger partial charge in [0.25, 0.3) is 0 Å². The predicted octanol–water partition coefficient (Wildman–Crippen LogP) is 4.79. The van der Waals surface area contributed by atoms with Gasteiger partial charge in [-0.1, -0.05) is 84.5 Å². The standard InChI is InChI=1S/C17H37NO/c1-3-5-6-7-8-9-10-11-12-13-14-15-17(18,4-2)16-19/h19H,3-16,18H2,1-2H3. The van der Waals surface area contributed by atoms with E-state index in [1.54, 1.807) is 0 Å². The average molecular weight is 271 g/mol. The van der Waals surface area contributed by atoms with E-state index in [-0.39, 0.29) is 12.1 Å². The Morgan fingerprint density at radius 2 is 1.16 bits per heavy atom. The van der Waals surface area contributed by atoms with E-state index in [1.807, 2.05) is 0 Å². The topological polar surface area (TPSA) is 46.2 Å². The number of hydrogen-bond acceptors (Lipinski definition) is 2. The molecule has 0 saturated heterocycles. The van der Waals surface area contributed by atoms with Crippen LogP contribution in [0.2, 0.25) is 0 Å². The lowest BCUT2D eigenvalue weighted by molar-refractivity contribution is 0.179. The second-order valence-electron chi connectivity index (χ2n) is 6.16. The zero-order valence-electron chi connectivity index (χ0n) is 13.4. The van der Waals surface area contributed by atoms with Gasteiger partial charge in [0, 0.05) is 5.54 Å². The lowest BCUT2D eigenvalue weighted by Crippen LogP contribution is -2.42. The molecule has 0 rings (SSSR count). The molecule has 0 radical (unpaired) electrons. The normalized spacial score (nSPS) is 14.5. The lowest BCUT2D eigenvalue weighted by Gasteiger charge is -2.25. The fourth-order valence-corrected chi connectivity index (χ4v) is 2.51. The maximum Gasteiger partial charge on any atom is 0.0611 e. The summed E-state index contributed by atoms with van der Waals surface area (Å²) in [4.78, 5) is 0. The van der Waals surface area contributed by atoms with Gasteiger partial charge in [0.1, 0.15) is 0 Å². The largest absolute Gasteiger partial charge is 0.394 e. The summed E-state index contributed by atoms with van der Waals surface area (Å²) in [5, 5.41) is 9.22. The van der Waals surface area contributed by atoms with Crippen molar-refractivity contribution in [2.24, 2.45) is 5.73 Å². The molecule has 0 bridgehead atoms. The molecule has 0 saturated carbocycles. The molecule has 2 nitrogen and oxygen atoms in total. The highest BCUT2D eigenvalue weighted by Crippen LogP contribution is 2.17. The number of hydrogen-bond donors (Lipinski definition) is 2. The van der Waals surface area contributed by atoms with E-state index in [0.717, 1.165) is 12.8 Å². The van der Waals surface area contributed by atoms with E-state index in [2.05, 4.69) is 13.8 Å². The van der Waals surface area contributed by atoms with E-state index >= 15 is 0 Å². The molecule has 0 aliphatic heterocycles. The summed E-state index contributed by atoms with van der Waals surface area (Å²) in [6.45, 7) is 4.46. The van der Waals surface area contributed by atoms with Crippen molar-refractivity contribution in [3.8, 4) is 0 Å². The van der Waals surface area contributed by atoms with Gasteiger partial charge in [0.15, 0.2) is 0 Å². The van der Waals surface area contributed by atoms with Crippen molar-refractivity contribution < 1.29 is 5.11 Å². The van der Waals surface area contributed by atoms with Crippen LogP contribution >= 0.6 is 0 Å². The first-order chi connectivity index (χ1) is 9.18. The molecule has 0 fully saturated rings. The summed E-state index contributed by atoms with van der Waals surface area (Å²) in [6.07, 6.45) is 16.8. The van der Waals surface area contributed by atoms with Gasteiger partial charge in [0.2, 0.25) is 0 Å². The van der Waals surface area contributed by atoms with Crippen molar-refractivity contribution in [2.45, 2.75) is 103 Å². The van der Waals surface area contributed by atoms with Crippen LogP contribution in [-0.2, 0) is 0 Å². The van der Waals surface area contributed by atoms with Crippen molar-refractivity contribution in [3.63, 3.8) is 0 Å². The molecule has 0 aromatic carbocycles. The van der Waals surface area contributed by atoms with Gasteiger partial charge in [-0.25, -0.2) is 0 Å². The first-order valence-electron chi connectivity index (χ1n) is 8.58. The third kappa shape index (κ3) is 11.4. The molecule has 0 aromatic rings. The Balaban J connectivity index is 3.19. The number of aliphatic hydroxyl groups excluding tert-OH is 1. The van der Waals surface area contributed by atoms with Gasteiger partial charge >= 0.3 is 0 Å². The minimum absolute atomic E-state index is 0.126. The van der Waals surface area contributed by atoms with Crippen molar-refractivity contribution >= 4 is 0 Å². The maximum atomic E-state index is 9.22. The molecule has 0 spiro atoms. The molecular weight excluding hydrogens is 234 g/mol. The van der Waals surface area contributed by atoms with Crippen molar-refractivity contribution in [2.75, 3.05) is 6.61 Å². The van der Waals surface area contributed by atoms with E-state index in [4.69, 9.17) is 5.73 Å². The van der Waals surface area contributed by atoms with Gasteiger partial charge in [0.05, 0.1) is 6.61 Å². The van der Waals surface area contributed by atoms with Crippen LogP contribution < -0.4 is 5.73 Å². The number of unbranched alkanes of at least 4 members (excludes halogenated alkanes) is 10. The van der Waals surface area contributed by atoms with Crippen molar-refractivity contribution in [1.82, 2.24) is 0 Å². The Labute approximate surface area is 121 Å². The maximum absolute atomic E-state index is 9.22. The Morgan fingerprint density at radius 3 is 1.53 bits per heavy atom. The van der Waals surface area contributed by atoms with Gasteiger partial charge in [-0.3, -0.25) is 0 Å². The smallest absolute Gasteiger partial charge is 0.0611 e. The molecule has 0 heterocycles. The second-order valence-corrected chi connectivity index (χ2v) is 6.16. The van der Waals surface area contributed by atoms with Crippen LogP contribution in [0.4, 0.5) is 0 Å². The molecule has 19 heavy (non-hydrogen) atoms. The summed E-state index contributed by atoms with van der Waals surface area (Å²) in [6, 6.07) is 0. The highest BCUT2D eigenvalue weighted by atomic mass is 16.3. The van der Waals surface area contributed by atoms with E-state index in [0.29, 0.717) is 0 Å². The minimum Gasteiger partial charge on any atom is -0.394 e. The summed E-state index contributed by atoms with van der Waals surface area (Å²) in [5.41, 5.74) is 5.75. The minimum atomic E-state index is -0.320. The summed E-state index contributed by atoms with van der Waals surface area (Å²) >= 11 is 0. The summed E-state index contributed by atoms with van der Waals surface area (Å²) in [5.74, 6) is 0. The van der Waals surface area contributed by atoms with Gasteiger partial charge < -0.3 is 10.8 Å². The zero-order chi connectivity index (χ0) is 14.4. The van der Waals surface area contributed by atoms with Crippen LogP contribution in [0.25, 0.3) is 0 Å². The first-order valence-corrected chi connectivity index (χ1v) is 8.58. The third-order valence-corrected chi connectivity index (χ3v) is 4.30. The molecule has 0 aliphatic carbocycles. The highest BCUT2D eigenvalue weighted by Gasteiger charge is 2.20. The van der Waals surface area contributed by atoms with Crippen molar-refractivity contribution in [1.29, 1.82) is 0 Å². The number of aliphatic hydroxyl groups is 1. The van der Waals surface area contributed by atoms with Crippen LogP contribution in [-0.4, -0.2) is 17.3 Å². The zero-order valence-corrected chi connectivity index (χ0v) is 13.4. The van der Waals surface area contributed by atoms with Crippen LogP contribution in [0.15, 0.2) is 0 Å². The summed E-state index contributed by atoms with van der Waals surface area (Å²) in [7, 11) is 0. The molecule has 1 atom stereocenters. The third-order valence-electron chi connectivity index (χ3n) is 4.30. The Hall–Kier alpha value is -0.0800. The van der Waals surface area contributed by atoms with E-state index < -0.39 is 0 Å². The SMILES string of the molecule is CCCCCCCCCCCCCC(N)(CC)CO. The lowest BCUT2D eigenvalue weighted by atomic mass is 9.91.